The first-order valence-electron chi connectivity index (χ1n) is 23.4. The van der Waals surface area contributed by atoms with Crippen molar-refractivity contribution in [1.29, 1.82) is 0 Å². The number of piperazine rings is 1. The second-order valence-corrected chi connectivity index (χ2v) is 20.0. The molecule has 0 aliphatic carbocycles. The second kappa shape index (κ2) is 21.3. The number of urea groups is 1. The lowest BCUT2D eigenvalue weighted by atomic mass is 9.84. The molecule has 68 heavy (non-hydrogen) atoms. The average molecular weight is 956 g/mol. The van der Waals surface area contributed by atoms with Crippen LogP contribution in [0.1, 0.15) is 84.5 Å². The fourth-order valence-corrected chi connectivity index (χ4v) is 10.5. The number of thiazole rings is 1. The molecule has 6 rings (SSSR count). The molecule has 5 heterocycles. The molecule has 2 aromatic heterocycles. The number of benzene rings is 1. The number of aromatic nitrogens is 2. The molecular formula is C50H69N9O8S. The van der Waals surface area contributed by atoms with Gasteiger partial charge in [-0.3, -0.25) is 24.4 Å². The minimum absolute atomic E-state index is 0.0251. The van der Waals surface area contributed by atoms with Gasteiger partial charge in [0, 0.05) is 105 Å². The largest absolute Gasteiger partial charge is 0.462 e. The van der Waals surface area contributed by atoms with E-state index in [2.05, 4.69) is 47.5 Å². The highest BCUT2D eigenvalue weighted by Crippen LogP contribution is 2.40. The van der Waals surface area contributed by atoms with Gasteiger partial charge in [-0.2, -0.15) is 5.43 Å². The number of esters is 1. The van der Waals surface area contributed by atoms with Crippen LogP contribution in [0.2, 0.25) is 0 Å². The van der Waals surface area contributed by atoms with Gasteiger partial charge >= 0.3 is 12.0 Å². The van der Waals surface area contributed by atoms with Gasteiger partial charge in [0.2, 0.25) is 17.5 Å². The smallest absolute Gasteiger partial charge is 0.355 e. The number of likely N-dealkylation sites (N-methyl/N-ethyl adjacent to an activating group) is 1. The zero-order valence-electron chi connectivity index (χ0n) is 41.3. The zero-order chi connectivity index (χ0) is 49.8. The van der Waals surface area contributed by atoms with E-state index in [1.54, 1.807) is 30.2 Å². The number of hydrogen-bond acceptors (Lipinski definition) is 12. The van der Waals surface area contributed by atoms with E-state index < -0.39 is 41.0 Å². The van der Waals surface area contributed by atoms with E-state index in [9.17, 15) is 29.1 Å². The number of aliphatic hydroxyl groups is 1. The quantitative estimate of drug-likeness (QED) is 0.0948. The van der Waals surface area contributed by atoms with Crippen molar-refractivity contribution >= 4 is 63.7 Å². The van der Waals surface area contributed by atoms with Crippen LogP contribution in [0.3, 0.4) is 0 Å². The van der Waals surface area contributed by atoms with Gasteiger partial charge in [0.25, 0.3) is 5.91 Å². The van der Waals surface area contributed by atoms with Crippen LogP contribution < -0.4 is 10.7 Å². The fourth-order valence-electron chi connectivity index (χ4n) is 9.62. The summed E-state index contributed by atoms with van der Waals surface area (Å²) in [6.07, 6.45) is 5.10. The third-order valence-electron chi connectivity index (χ3n) is 13.1. The summed E-state index contributed by atoms with van der Waals surface area (Å²) >= 11 is 1.35. The molecular weight excluding hydrogens is 887 g/mol. The summed E-state index contributed by atoms with van der Waals surface area (Å²) < 4.78 is 14.0. The van der Waals surface area contributed by atoms with E-state index in [1.165, 1.54) is 27.3 Å². The highest BCUT2D eigenvalue weighted by atomic mass is 32.1. The molecule has 18 heteroatoms. The number of aliphatic imine (C=N–C) groups is 1. The number of ether oxygens (including phenoxy) is 2. The molecule has 368 valence electrons. The molecule has 17 nitrogen and oxygen atoms in total. The van der Waals surface area contributed by atoms with Crippen LogP contribution in [0, 0.1) is 11.3 Å². The number of nitrogens with zero attached hydrogens (tertiary/aromatic N) is 7. The molecule has 1 aromatic carbocycles. The molecule has 0 spiro atoms. The van der Waals surface area contributed by atoms with Crippen LogP contribution >= 0.6 is 11.3 Å². The lowest BCUT2D eigenvalue weighted by molar-refractivity contribution is -0.189. The van der Waals surface area contributed by atoms with Gasteiger partial charge in [-0.25, -0.2) is 14.6 Å². The van der Waals surface area contributed by atoms with Crippen LogP contribution in [0.15, 0.2) is 59.6 Å². The van der Waals surface area contributed by atoms with Crippen molar-refractivity contribution in [1.82, 2.24) is 40.0 Å². The van der Waals surface area contributed by atoms with Gasteiger partial charge in [-0.05, 0) is 70.2 Å². The topological polar surface area (TPSA) is 191 Å². The van der Waals surface area contributed by atoms with Crippen LogP contribution in [-0.2, 0) is 48.0 Å². The van der Waals surface area contributed by atoms with Crippen molar-refractivity contribution in [3.05, 3.63) is 70.9 Å². The van der Waals surface area contributed by atoms with Gasteiger partial charge in [-0.15, -0.1) is 11.3 Å². The van der Waals surface area contributed by atoms with Gasteiger partial charge in [-0.1, -0.05) is 53.0 Å². The number of carbonyl (C=O) groups excluding carboxylic acids is 5. The summed E-state index contributed by atoms with van der Waals surface area (Å²) in [6, 6.07) is 3.32. The Morgan fingerprint density at radius 2 is 1.90 bits per heavy atom. The van der Waals surface area contributed by atoms with E-state index in [4.69, 9.17) is 19.5 Å². The number of hydrazine groups is 1. The Balaban J connectivity index is 1.42. The number of carbonyl (C=O) groups is 5. The van der Waals surface area contributed by atoms with Crippen molar-refractivity contribution in [2.45, 2.75) is 118 Å². The molecule has 0 unspecified atom stereocenters. The number of amides is 5. The maximum absolute atomic E-state index is 14.7. The third kappa shape index (κ3) is 10.6. The summed E-state index contributed by atoms with van der Waals surface area (Å²) in [5.41, 5.74) is 5.76. The lowest BCUT2D eigenvalue weighted by Gasteiger charge is -2.42. The first-order valence-corrected chi connectivity index (χ1v) is 24.3. The Bertz CT molecular complexity index is 2490. The lowest BCUT2D eigenvalue weighted by Crippen LogP contribution is -2.67. The Hall–Kier alpha value is -5.69. The average Bonchev–Trinajstić information content (AvgIpc) is 3.90. The number of allylic oxidation sites excluding steroid dienone is 2. The molecule has 2 saturated heterocycles. The maximum Gasteiger partial charge on any atom is 0.355 e. The van der Waals surface area contributed by atoms with Crippen molar-refractivity contribution in [2.75, 3.05) is 46.9 Å². The summed E-state index contributed by atoms with van der Waals surface area (Å²) in [5.74, 6) is -2.69. The Morgan fingerprint density at radius 3 is 2.53 bits per heavy atom. The highest BCUT2D eigenvalue weighted by molar-refractivity contribution is 7.10. The molecule has 2 fully saturated rings. The van der Waals surface area contributed by atoms with Crippen LogP contribution in [0.25, 0.3) is 27.7 Å². The van der Waals surface area contributed by atoms with Crippen LogP contribution in [0.4, 0.5) is 4.79 Å². The number of hydrogen-bond donors (Lipinski definition) is 3. The Morgan fingerprint density at radius 1 is 1.16 bits per heavy atom. The predicted molar refractivity (Wildman–Crippen MR) is 264 cm³/mol. The van der Waals surface area contributed by atoms with Gasteiger partial charge in [0.15, 0.2) is 0 Å². The number of nitrogens with one attached hydrogen (secondary N) is 2. The number of fused-ring (bicyclic) bond motifs is 6. The van der Waals surface area contributed by atoms with Gasteiger partial charge in [0.05, 0.1) is 34.8 Å². The van der Waals surface area contributed by atoms with Crippen molar-refractivity contribution in [3.63, 3.8) is 0 Å². The number of cyclic esters (lactones) is 1. The minimum Gasteiger partial charge on any atom is -0.462 e. The Labute approximate surface area is 403 Å². The summed E-state index contributed by atoms with van der Waals surface area (Å²) in [5, 5.41) is 19.4. The minimum atomic E-state index is -2.25. The van der Waals surface area contributed by atoms with Crippen molar-refractivity contribution < 1.29 is 38.6 Å². The highest BCUT2D eigenvalue weighted by Gasteiger charge is 2.46. The molecule has 0 radical (unpaired) electrons. The third-order valence-corrected chi connectivity index (χ3v) is 14.0. The predicted octanol–water partition coefficient (Wildman–Crippen LogP) is 5.57. The molecule has 3 N–H and O–H groups in total. The molecule has 3 aliphatic rings. The normalized spacial score (nSPS) is 22.6. The first-order chi connectivity index (χ1) is 32.2. The first kappa shape index (κ1) is 51.7. The standard InChI is InChI=1S/C50H69N9O8S/c1-13-34(42(51-15-3)32(8)66-12)44-36-26-49(9,10)29-67-47(63)50(65)20-17-21-59(54-50)46(62)37(25-40-52-38(28-68-40)33-18-19-39(35(36)24-33)57(44)16-4)53-45(61)43(30(5)6)55(11)48(64)56-22-23-58(31(7)27-56)41(60)14-2/h13-15,18-19,24,28,30-32,37,43,54,65H,1-2,16-17,20-23,25-27,29H2,3-12H3,(H,53,61)/b42-34+,51-15?/t31-,32+,37+,43+,50+/m1/s1. The monoisotopic (exact) mass is 955 g/mol. The van der Waals surface area contributed by atoms with Crippen LogP contribution in [-0.4, -0.2) is 147 Å². The van der Waals surface area contributed by atoms with E-state index in [-0.39, 0.29) is 75.5 Å². The number of aryl methyl sites for hydroxylation is 1. The number of methoxy groups -OCH3 is 1. The molecule has 5 atom stereocenters. The van der Waals surface area contributed by atoms with Crippen molar-refractivity contribution in [3.8, 4) is 11.3 Å². The van der Waals surface area contributed by atoms with E-state index >= 15 is 0 Å². The zero-order valence-corrected chi connectivity index (χ0v) is 42.1. The van der Waals surface area contributed by atoms with Gasteiger partial charge in [0.1, 0.15) is 12.1 Å². The summed E-state index contributed by atoms with van der Waals surface area (Å²) in [6.45, 7) is 24.7. The summed E-state index contributed by atoms with van der Waals surface area (Å²) in [4.78, 5) is 84.1. The second-order valence-electron chi connectivity index (χ2n) is 19.1. The molecule has 5 amide bonds. The molecule has 3 aromatic rings. The van der Waals surface area contributed by atoms with E-state index in [0.29, 0.717) is 35.9 Å². The van der Waals surface area contributed by atoms with Crippen molar-refractivity contribution in [2.24, 2.45) is 16.3 Å². The maximum atomic E-state index is 14.7. The van der Waals surface area contributed by atoms with E-state index in [1.807, 2.05) is 66.0 Å². The van der Waals surface area contributed by atoms with Gasteiger partial charge < -0.3 is 39.2 Å². The molecule has 6 bridgehead atoms. The fraction of sp³-hybridized carbons (Fsp3) is 0.540. The van der Waals surface area contributed by atoms with Crippen LogP contribution in [0.5, 0.6) is 0 Å². The SMILES string of the molecule is C=CC(=O)N1CCN(C(=O)N(C)[C@H](C(=O)N[C@H]2Cc3nc(cs3)-c3ccc4c(c3)c(c(/C(C=C)=C(/N=CC)[C@H](C)OC)n4CC)CC(C)(C)COC(=O)[C@@]3(O)CCCN(N3)C2=O)C(C)C)C[C@H]1C. The molecule has 3 aliphatic heterocycles. The van der Waals surface area contributed by atoms with E-state index in [0.717, 1.165) is 33.3 Å². The summed E-state index contributed by atoms with van der Waals surface area (Å²) in [7, 11) is 3.20. The molecule has 0 saturated carbocycles. The number of rotatable bonds is 11. The Kier molecular flexibility index (Phi) is 16.2.